The van der Waals surface area contributed by atoms with Crippen molar-refractivity contribution >= 4 is 18.0 Å². The van der Waals surface area contributed by atoms with E-state index in [0.29, 0.717) is 42.9 Å². The van der Waals surface area contributed by atoms with E-state index in [2.05, 4.69) is 77.2 Å². The number of hydrogen-bond acceptors (Lipinski definition) is 7. The van der Waals surface area contributed by atoms with E-state index in [1.165, 1.54) is 49.7 Å². The van der Waals surface area contributed by atoms with Crippen LogP contribution in [0.15, 0.2) is 48.1 Å². The van der Waals surface area contributed by atoms with Gasteiger partial charge in [-0.25, -0.2) is 4.79 Å². The van der Waals surface area contributed by atoms with Crippen LogP contribution in [-0.4, -0.2) is 50.0 Å². The highest BCUT2D eigenvalue weighted by Crippen LogP contribution is 2.67. The van der Waals surface area contributed by atoms with E-state index >= 15 is 0 Å². The van der Waals surface area contributed by atoms with E-state index in [1.807, 2.05) is 12.1 Å². The fraction of sp³-hybridized carbons (Fsp3) is 0.745. The summed E-state index contributed by atoms with van der Waals surface area (Å²) in [7, 11) is 0. The molecule has 0 saturated heterocycles. The third kappa shape index (κ3) is 11.0. The van der Waals surface area contributed by atoms with Crippen molar-refractivity contribution in [2.45, 2.75) is 163 Å². The Hall–Kier alpha value is -3.29. The largest absolute Gasteiger partial charge is 0.492 e. The average molecular weight is 816 g/mol. The predicted molar refractivity (Wildman–Crippen MR) is 234 cm³/mol. The van der Waals surface area contributed by atoms with Gasteiger partial charge in [0, 0.05) is 6.42 Å². The molecule has 1 aromatic carbocycles. The smallest absolute Gasteiger partial charge is 0.407 e. The molecule has 0 bridgehead atoms. The molecule has 6 rings (SSSR count). The highest BCUT2D eigenvalue weighted by Gasteiger charge is 2.59. The van der Waals surface area contributed by atoms with Crippen molar-refractivity contribution < 1.29 is 33.3 Å². The zero-order valence-corrected chi connectivity index (χ0v) is 37.6. The number of carbonyl (C=O) groups excluding carboxylic acids is 3. The Morgan fingerprint density at radius 1 is 0.864 bits per heavy atom. The Labute approximate surface area is 356 Å². The van der Waals surface area contributed by atoms with Gasteiger partial charge in [0.1, 0.15) is 24.6 Å². The second-order valence-electron chi connectivity index (χ2n) is 19.8. The first-order valence-corrected chi connectivity index (χ1v) is 23.7. The SMILES string of the molecule is CCOC(=O)NCCOc1ccc(C[C@@H]2CCCC[C@@H]2OC(=O)CCC(=O)O[C@H]2CC[C@@]3(C)C(=CC[C@H]4[C@@H]5CC[C@H]([C@H](C)/C=C/[C@@H](CC)C(C)C)[C@@]5(C)CC[C@@H]43)C2)cc1. The molecule has 1 aromatic rings. The molecular weight excluding hydrogens is 739 g/mol. The molecule has 11 atom stereocenters. The molecule has 0 aliphatic heterocycles. The molecule has 5 aliphatic carbocycles. The maximum Gasteiger partial charge on any atom is 0.407 e. The van der Waals surface area contributed by atoms with Crippen molar-refractivity contribution in [1.82, 2.24) is 5.32 Å². The van der Waals surface area contributed by atoms with Crippen LogP contribution in [0.3, 0.4) is 0 Å². The van der Waals surface area contributed by atoms with E-state index in [9.17, 15) is 14.4 Å². The van der Waals surface area contributed by atoms with Crippen LogP contribution >= 0.6 is 0 Å². The van der Waals surface area contributed by atoms with Crippen molar-refractivity contribution in [2.24, 2.45) is 58.2 Å². The number of benzene rings is 1. The Balaban J connectivity index is 0.940. The van der Waals surface area contributed by atoms with Gasteiger partial charge in [-0.2, -0.15) is 0 Å². The van der Waals surface area contributed by atoms with Crippen LogP contribution in [0.25, 0.3) is 0 Å². The average Bonchev–Trinajstić information content (AvgIpc) is 3.58. The Morgan fingerprint density at radius 3 is 2.34 bits per heavy atom. The summed E-state index contributed by atoms with van der Waals surface area (Å²) in [5.74, 6) is 5.45. The highest BCUT2D eigenvalue weighted by atomic mass is 16.6. The van der Waals surface area contributed by atoms with Crippen LogP contribution in [0.2, 0.25) is 0 Å². The summed E-state index contributed by atoms with van der Waals surface area (Å²) >= 11 is 0. The summed E-state index contributed by atoms with van der Waals surface area (Å²) in [6, 6.07) is 7.99. The van der Waals surface area contributed by atoms with Gasteiger partial charge in [0.2, 0.25) is 0 Å². The van der Waals surface area contributed by atoms with Gasteiger partial charge in [0.15, 0.2) is 0 Å². The lowest BCUT2D eigenvalue weighted by Crippen LogP contribution is -2.51. The summed E-state index contributed by atoms with van der Waals surface area (Å²) in [6.07, 6.45) is 22.5. The maximum atomic E-state index is 13.1. The number of carbonyl (C=O) groups is 3. The molecular formula is C51H77NO7. The fourth-order valence-corrected chi connectivity index (χ4v) is 12.7. The minimum atomic E-state index is -0.444. The van der Waals surface area contributed by atoms with Gasteiger partial charge < -0.3 is 24.3 Å². The van der Waals surface area contributed by atoms with Crippen LogP contribution < -0.4 is 10.1 Å². The standard InChI is InChI=1S/C51H77NO7/c1-8-37(34(3)4)17-14-35(5)43-22-23-44-42-21-18-39-33-41(26-28-50(39,6)45(42)27-29-51(43,44)7)58-47(53)24-25-48(54)59-46-13-11-10-12-38(46)32-36-15-19-40(20-16-36)57-31-30-52-49(55)56-9-2/h14-20,34-35,37-38,41-46H,8-13,21-33H2,1-7H3,(H,52,55)/b17-14+/t35-,37-,38+,41+,42+,43-,44+,45+,46+,50+,51-/m1/s1. The van der Waals surface area contributed by atoms with Gasteiger partial charge in [-0.15, -0.1) is 0 Å². The second-order valence-corrected chi connectivity index (χ2v) is 19.8. The molecule has 0 unspecified atom stereocenters. The number of rotatable bonds is 17. The van der Waals surface area contributed by atoms with E-state index in [0.717, 1.165) is 80.8 Å². The molecule has 328 valence electrons. The molecule has 4 saturated carbocycles. The topological polar surface area (TPSA) is 100 Å². The number of alkyl carbamates (subject to hydrolysis) is 1. The van der Waals surface area contributed by atoms with Gasteiger partial charge in [-0.3, -0.25) is 9.59 Å². The van der Waals surface area contributed by atoms with E-state index in [1.54, 1.807) is 6.92 Å². The number of allylic oxidation sites excluding steroid dienone is 3. The first kappa shape index (κ1) is 45.2. The summed E-state index contributed by atoms with van der Waals surface area (Å²) in [6.45, 7) is 17.5. The summed E-state index contributed by atoms with van der Waals surface area (Å²) in [5, 5.41) is 2.65. The molecule has 0 aromatic heterocycles. The molecule has 1 N–H and O–H groups in total. The van der Waals surface area contributed by atoms with Crippen molar-refractivity contribution in [3.63, 3.8) is 0 Å². The van der Waals surface area contributed by atoms with Crippen molar-refractivity contribution in [3.05, 3.63) is 53.6 Å². The summed E-state index contributed by atoms with van der Waals surface area (Å²) in [5.41, 5.74) is 3.31. The molecule has 0 spiro atoms. The monoisotopic (exact) mass is 816 g/mol. The number of ether oxygens (including phenoxy) is 4. The third-order valence-corrected chi connectivity index (χ3v) is 16.0. The molecule has 1 amide bonds. The lowest BCUT2D eigenvalue weighted by Gasteiger charge is -2.58. The van der Waals surface area contributed by atoms with Crippen LogP contribution in [-0.2, 0) is 30.2 Å². The number of fused-ring (bicyclic) bond motifs is 5. The zero-order valence-electron chi connectivity index (χ0n) is 37.6. The minimum absolute atomic E-state index is 0.0580. The third-order valence-electron chi connectivity index (χ3n) is 16.0. The van der Waals surface area contributed by atoms with Gasteiger partial charge in [-0.05, 0) is 160 Å². The molecule has 0 radical (unpaired) electrons. The zero-order chi connectivity index (χ0) is 42.2. The number of esters is 2. The van der Waals surface area contributed by atoms with Crippen LogP contribution in [0.1, 0.15) is 150 Å². The molecule has 8 heteroatoms. The Kier molecular flexibility index (Phi) is 15.7. The molecule has 4 fully saturated rings. The number of nitrogens with one attached hydrogen (secondary N) is 1. The van der Waals surface area contributed by atoms with Crippen LogP contribution in [0, 0.1) is 58.2 Å². The van der Waals surface area contributed by atoms with Gasteiger partial charge >= 0.3 is 18.0 Å². The summed E-state index contributed by atoms with van der Waals surface area (Å²) < 4.78 is 22.7. The maximum absolute atomic E-state index is 13.1. The normalized spacial score (nSPS) is 32.5. The van der Waals surface area contributed by atoms with Gasteiger partial charge in [0.05, 0.1) is 26.0 Å². The highest BCUT2D eigenvalue weighted by molar-refractivity contribution is 5.77. The number of amides is 1. The van der Waals surface area contributed by atoms with Crippen molar-refractivity contribution in [3.8, 4) is 5.75 Å². The Morgan fingerprint density at radius 2 is 1.61 bits per heavy atom. The Bertz CT molecular complexity index is 1620. The lowest BCUT2D eigenvalue weighted by molar-refractivity contribution is -0.159. The molecule has 59 heavy (non-hydrogen) atoms. The van der Waals surface area contributed by atoms with Crippen LogP contribution in [0.4, 0.5) is 4.79 Å². The van der Waals surface area contributed by atoms with E-state index < -0.39 is 6.09 Å². The van der Waals surface area contributed by atoms with Crippen molar-refractivity contribution in [1.29, 1.82) is 0 Å². The minimum Gasteiger partial charge on any atom is -0.492 e. The van der Waals surface area contributed by atoms with E-state index in [-0.39, 0.29) is 48.3 Å². The lowest BCUT2D eigenvalue weighted by atomic mass is 9.47. The van der Waals surface area contributed by atoms with E-state index in [4.69, 9.17) is 18.9 Å². The summed E-state index contributed by atoms with van der Waals surface area (Å²) in [4.78, 5) is 37.7. The van der Waals surface area contributed by atoms with Crippen LogP contribution in [0.5, 0.6) is 5.75 Å². The van der Waals surface area contributed by atoms with Gasteiger partial charge in [-0.1, -0.05) is 83.9 Å². The van der Waals surface area contributed by atoms with Crippen molar-refractivity contribution in [2.75, 3.05) is 19.8 Å². The first-order valence-electron chi connectivity index (χ1n) is 23.7. The molecule has 8 nitrogen and oxygen atoms in total. The second kappa shape index (κ2) is 20.5. The quantitative estimate of drug-likeness (QED) is 0.0723. The number of hydrogen-bond donors (Lipinski definition) is 1. The predicted octanol–water partition coefficient (Wildman–Crippen LogP) is 11.6. The fourth-order valence-electron chi connectivity index (χ4n) is 12.7. The molecule has 0 heterocycles. The van der Waals surface area contributed by atoms with Gasteiger partial charge in [0.25, 0.3) is 0 Å². The molecule has 5 aliphatic rings. The first-order chi connectivity index (χ1) is 28.3.